The zero-order valence-electron chi connectivity index (χ0n) is 10.4. The number of benzene rings is 1. The van der Waals surface area contributed by atoms with Gasteiger partial charge in [-0.15, -0.1) is 0 Å². The van der Waals surface area contributed by atoms with Crippen molar-refractivity contribution in [3.63, 3.8) is 0 Å². The number of esters is 1. The minimum Gasteiger partial charge on any atom is -0.468 e. The third-order valence-electron chi connectivity index (χ3n) is 3.22. The lowest BCUT2D eigenvalue weighted by Crippen LogP contribution is -2.24. The molecule has 1 aliphatic rings. The summed E-state index contributed by atoms with van der Waals surface area (Å²) in [5.74, 6) is -0.293. The summed E-state index contributed by atoms with van der Waals surface area (Å²) in [5.41, 5.74) is 2.62. The van der Waals surface area contributed by atoms with Crippen molar-refractivity contribution in [3.8, 4) is 0 Å². The van der Waals surface area contributed by atoms with Gasteiger partial charge in [0.25, 0.3) is 0 Å². The van der Waals surface area contributed by atoms with E-state index in [9.17, 15) is 4.79 Å². The second-order valence-electron chi connectivity index (χ2n) is 4.40. The molecule has 0 aromatic heterocycles. The van der Waals surface area contributed by atoms with Gasteiger partial charge in [-0.05, 0) is 30.4 Å². The Hall–Kier alpha value is -0.870. The smallest absolute Gasteiger partial charge is 0.321 e. The first-order valence-corrected chi connectivity index (χ1v) is 7.05. The highest BCUT2D eigenvalue weighted by Gasteiger charge is 2.23. The molecule has 2 unspecified atom stereocenters. The van der Waals surface area contributed by atoms with Crippen molar-refractivity contribution in [1.29, 1.82) is 0 Å². The van der Waals surface area contributed by atoms with Crippen molar-refractivity contribution in [2.24, 2.45) is 0 Å². The third kappa shape index (κ3) is 3.12. The van der Waals surface area contributed by atoms with Crippen LogP contribution >= 0.6 is 15.9 Å². The van der Waals surface area contributed by atoms with Crippen LogP contribution in [0, 0.1) is 0 Å². The number of halogens is 1. The van der Waals surface area contributed by atoms with Gasteiger partial charge in [0, 0.05) is 0 Å². The molecular formula is C14H17BrO3. The van der Waals surface area contributed by atoms with E-state index < -0.39 is 4.83 Å². The number of hydrogen-bond acceptors (Lipinski definition) is 3. The number of aryl methyl sites for hydroxylation is 1. The Balaban J connectivity index is 1.97. The molecule has 2 atom stereocenters. The third-order valence-corrected chi connectivity index (χ3v) is 3.85. The number of carbonyl (C=O) groups is 1. The first-order chi connectivity index (χ1) is 8.72. The molecule has 1 aliphatic carbocycles. The molecule has 0 radical (unpaired) electrons. The molecule has 18 heavy (non-hydrogen) atoms. The molecule has 0 bridgehead atoms. The minimum absolute atomic E-state index is 0.0969. The van der Waals surface area contributed by atoms with E-state index in [2.05, 4.69) is 38.9 Å². The highest BCUT2D eigenvalue weighted by Crippen LogP contribution is 2.32. The number of carbonyl (C=O) groups excluding carboxylic acids is 1. The van der Waals surface area contributed by atoms with Gasteiger partial charge in [-0.3, -0.25) is 4.79 Å². The van der Waals surface area contributed by atoms with E-state index in [0.29, 0.717) is 6.61 Å². The molecule has 0 heterocycles. The van der Waals surface area contributed by atoms with Gasteiger partial charge in [0.1, 0.15) is 4.83 Å². The summed E-state index contributed by atoms with van der Waals surface area (Å²) in [6, 6.07) is 8.35. The Bertz CT molecular complexity index is 419. The maximum Gasteiger partial charge on any atom is 0.321 e. The summed E-state index contributed by atoms with van der Waals surface area (Å²) >= 11 is 3.27. The summed E-state index contributed by atoms with van der Waals surface area (Å²) in [6.45, 7) is 0.339. The average molecular weight is 313 g/mol. The lowest BCUT2D eigenvalue weighted by Gasteiger charge is -2.26. The van der Waals surface area contributed by atoms with Gasteiger partial charge < -0.3 is 9.47 Å². The highest BCUT2D eigenvalue weighted by molar-refractivity contribution is 9.10. The van der Waals surface area contributed by atoms with E-state index in [1.165, 1.54) is 18.2 Å². The number of fused-ring (bicyclic) bond motifs is 1. The van der Waals surface area contributed by atoms with E-state index in [1.807, 2.05) is 6.07 Å². The molecule has 0 fully saturated rings. The molecule has 98 valence electrons. The molecule has 1 aromatic rings. The molecule has 2 rings (SSSR count). The minimum atomic E-state index is -0.392. The Labute approximate surface area is 116 Å². The van der Waals surface area contributed by atoms with Gasteiger partial charge in [-0.25, -0.2) is 0 Å². The lowest BCUT2D eigenvalue weighted by molar-refractivity contribution is -0.141. The standard InChI is InChI=1S/C14H17BrO3/c1-17-14(16)12(15)9-18-13-8-4-6-10-5-2-3-7-11(10)13/h2-3,5,7,12-13H,4,6,8-9H2,1H3. The van der Waals surface area contributed by atoms with E-state index in [-0.39, 0.29) is 12.1 Å². The topological polar surface area (TPSA) is 35.5 Å². The van der Waals surface area contributed by atoms with Crippen molar-refractivity contribution in [2.45, 2.75) is 30.2 Å². The predicted octanol–water partition coefficient (Wildman–Crippen LogP) is 3.02. The van der Waals surface area contributed by atoms with Gasteiger partial charge in [-0.2, -0.15) is 0 Å². The quantitative estimate of drug-likeness (QED) is 0.633. The van der Waals surface area contributed by atoms with Crippen LogP contribution in [0.25, 0.3) is 0 Å². The van der Waals surface area contributed by atoms with Gasteiger partial charge in [0.05, 0.1) is 19.8 Å². The van der Waals surface area contributed by atoms with Crippen molar-refractivity contribution in [2.75, 3.05) is 13.7 Å². The van der Waals surface area contributed by atoms with Crippen LogP contribution in [0.2, 0.25) is 0 Å². The van der Waals surface area contributed by atoms with E-state index >= 15 is 0 Å². The number of rotatable bonds is 4. The van der Waals surface area contributed by atoms with Crippen LogP contribution in [0.15, 0.2) is 24.3 Å². The van der Waals surface area contributed by atoms with Crippen LogP contribution in [0.1, 0.15) is 30.1 Å². The number of hydrogen-bond donors (Lipinski definition) is 0. The molecule has 0 amide bonds. The first kappa shape index (κ1) is 13.6. The lowest BCUT2D eigenvalue weighted by atomic mass is 9.89. The van der Waals surface area contributed by atoms with Crippen LogP contribution in [-0.4, -0.2) is 24.5 Å². The van der Waals surface area contributed by atoms with Crippen LogP contribution in [0.3, 0.4) is 0 Å². The van der Waals surface area contributed by atoms with Crippen LogP contribution in [0.5, 0.6) is 0 Å². The molecule has 0 spiro atoms. The van der Waals surface area contributed by atoms with Crippen LogP contribution in [0.4, 0.5) is 0 Å². The average Bonchev–Trinajstić information content (AvgIpc) is 2.43. The number of alkyl halides is 1. The second-order valence-corrected chi connectivity index (χ2v) is 5.51. The maximum absolute atomic E-state index is 11.3. The predicted molar refractivity (Wildman–Crippen MR) is 72.8 cm³/mol. The van der Waals surface area contributed by atoms with Crippen molar-refractivity contribution in [3.05, 3.63) is 35.4 Å². The van der Waals surface area contributed by atoms with Crippen molar-refractivity contribution >= 4 is 21.9 Å². The van der Waals surface area contributed by atoms with Gasteiger partial charge in [-0.1, -0.05) is 40.2 Å². The molecule has 4 heteroatoms. The normalized spacial score (nSPS) is 20.0. The Kier molecular flexibility index (Phi) is 4.78. The summed E-state index contributed by atoms with van der Waals surface area (Å²) in [6.07, 6.45) is 3.36. The fourth-order valence-corrected chi connectivity index (χ4v) is 2.62. The Morgan fingerprint density at radius 3 is 3.06 bits per heavy atom. The van der Waals surface area contributed by atoms with Gasteiger partial charge in [0.2, 0.25) is 0 Å². The fourth-order valence-electron chi connectivity index (χ4n) is 2.28. The fraction of sp³-hybridized carbons (Fsp3) is 0.500. The molecular weight excluding hydrogens is 296 g/mol. The number of ether oxygens (including phenoxy) is 2. The zero-order valence-corrected chi connectivity index (χ0v) is 12.0. The molecule has 0 N–H and O–H groups in total. The Morgan fingerprint density at radius 2 is 2.28 bits per heavy atom. The molecule has 0 saturated heterocycles. The summed E-state index contributed by atoms with van der Waals surface area (Å²) in [5, 5.41) is 0. The second kappa shape index (κ2) is 6.34. The van der Waals surface area contributed by atoms with Crippen LogP contribution < -0.4 is 0 Å². The maximum atomic E-state index is 11.3. The zero-order chi connectivity index (χ0) is 13.0. The van der Waals surface area contributed by atoms with Crippen molar-refractivity contribution < 1.29 is 14.3 Å². The molecule has 1 aromatic carbocycles. The number of methoxy groups -OCH3 is 1. The van der Waals surface area contributed by atoms with E-state index in [1.54, 1.807) is 0 Å². The van der Waals surface area contributed by atoms with Crippen LogP contribution in [-0.2, 0) is 20.7 Å². The Morgan fingerprint density at radius 1 is 1.50 bits per heavy atom. The van der Waals surface area contributed by atoms with Gasteiger partial charge in [0.15, 0.2) is 0 Å². The molecule has 3 nitrogen and oxygen atoms in total. The molecule has 0 saturated carbocycles. The monoisotopic (exact) mass is 312 g/mol. The van der Waals surface area contributed by atoms with E-state index in [0.717, 1.165) is 19.3 Å². The van der Waals surface area contributed by atoms with Crippen molar-refractivity contribution in [1.82, 2.24) is 0 Å². The highest BCUT2D eigenvalue weighted by atomic mass is 79.9. The summed E-state index contributed by atoms with van der Waals surface area (Å²) in [7, 11) is 1.38. The first-order valence-electron chi connectivity index (χ1n) is 6.13. The summed E-state index contributed by atoms with van der Waals surface area (Å²) < 4.78 is 10.5. The largest absolute Gasteiger partial charge is 0.468 e. The molecule has 0 aliphatic heterocycles. The summed E-state index contributed by atoms with van der Waals surface area (Å²) in [4.78, 5) is 10.9. The SMILES string of the molecule is COC(=O)C(Br)COC1CCCc2ccccc21. The van der Waals surface area contributed by atoms with E-state index in [4.69, 9.17) is 4.74 Å². The van der Waals surface area contributed by atoms with Gasteiger partial charge >= 0.3 is 5.97 Å².